The highest BCUT2D eigenvalue weighted by Crippen LogP contribution is 2.16. The van der Waals surface area contributed by atoms with E-state index in [-0.39, 0.29) is 23.0 Å². The van der Waals surface area contributed by atoms with Crippen LogP contribution in [0.15, 0.2) is 18.2 Å². The molecule has 18 heavy (non-hydrogen) atoms. The van der Waals surface area contributed by atoms with Crippen molar-refractivity contribution in [3.05, 3.63) is 34.9 Å². The molecule has 0 saturated heterocycles. The number of alkyl halides is 1. The number of carbonyl (C=O) groups excluding carboxylic acids is 2. The molecule has 0 heterocycles. The van der Waals surface area contributed by atoms with Crippen molar-refractivity contribution in [3.63, 3.8) is 0 Å². The monoisotopic (exact) mass is 312 g/mol. The van der Waals surface area contributed by atoms with Gasteiger partial charge in [-0.05, 0) is 38.0 Å². The summed E-state index contributed by atoms with van der Waals surface area (Å²) in [7, 11) is 0. The standard InChI is InChI=1S/C14H17BrO3/c1-4-18-13(16)8-11-5-6-12(7-9(11)2)14(17)10(3)15/h5-7,10H,4,8H2,1-3H3. The summed E-state index contributed by atoms with van der Waals surface area (Å²) >= 11 is 3.26. The third-order valence-electron chi connectivity index (χ3n) is 2.63. The smallest absolute Gasteiger partial charge is 0.310 e. The van der Waals surface area contributed by atoms with Crippen LogP contribution in [0.4, 0.5) is 0 Å². The maximum atomic E-state index is 11.8. The number of ether oxygens (including phenoxy) is 1. The van der Waals surface area contributed by atoms with E-state index in [1.54, 1.807) is 19.9 Å². The van der Waals surface area contributed by atoms with Crippen LogP contribution in [-0.4, -0.2) is 23.2 Å². The molecule has 1 atom stereocenters. The lowest BCUT2D eigenvalue weighted by Crippen LogP contribution is -2.12. The van der Waals surface area contributed by atoms with Gasteiger partial charge in [-0.2, -0.15) is 0 Å². The average molecular weight is 313 g/mol. The maximum absolute atomic E-state index is 11.8. The number of halogens is 1. The molecular formula is C14H17BrO3. The number of ketones is 1. The van der Waals surface area contributed by atoms with Crippen LogP contribution in [0.2, 0.25) is 0 Å². The van der Waals surface area contributed by atoms with Crippen molar-refractivity contribution in [1.82, 2.24) is 0 Å². The van der Waals surface area contributed by atoms with Gasteiger partial charge < -0.3 is 4.74 Å². The van der Waals surface area contributed by atoms with Crippen LogP contribution in [0.3, 0.4) is 0 Å². The molecule has 0 aliphatic carbocycles. The Balaban J connectivity index is 2.86. The van der Waals surface area contributed by atoms with Crippen LogP contribution in [0.25, 0.3) is 0 Å². The van der Waals surface area contributed by atoms with Gasteiger partial charge in [-0.3, -0.25) is 9.59 Å². The predicted octanol–water partition coefficient (Wildman–Crippen LogP) is 3.07. The summed E-state index contributed by atoms with van der Waals surface area (Å²) in [6.07, 6.45) is 0.248. The second-order valence-electron chi connectivity index (χ2n) is 4.10. The highest BCUT2D eigenvalue weighted by molar-refractivity contribution is 9.10. The van der Waals surface area contributed by atoms with Gasteiger partial charge in [0.2, 0.25) is 0 Å². The Morgan fingerprint density at radius 2 is 2.06 bits per heavy atom. The Labute approximate surface area is 116 Å². The van der Waals surface area contributed by atoms with Crippen molar-refractivity contribution < 1.29 is 14.3 Å². The van der Waals surface area contributed by atoms with Crippen molar-refractivity contribution in [2.45, 2.75) is 32.0 Å². The summed E-state index contributed by atoms with van der Waals surface area (Å²) in [6, 6.07) is 5.38. The lowest BCUT2D eigenvalue weighted by molar-refractivity contribution is -0.142. The summed E-state index contributed by atoms with van der Waals surface area (Å²) in [5.74, 6) is -0.200. The fourth-order valence-electron chi connectivity index (χ4n) is 1.64. The first-order chi connectivity index (χ1) is 8.45. The second kappa shape index (κ2) is 6.69. The van der Waals surface area contributed by atoms with E-state index in [4.69, 9.17) is 4.74 Å². The molecule has 1 unspecified atom stereocenters. The van der Waals surface area contributed by atoms with Gasteiger partial charge in [-0.1, -0.05) is 28.1 Å². The Hall–Kier alpha value is -1.16. The van der Waals surface area contributed by atoms with Crippen LogP contribution in [0, 0.1) is 6.92 Å². The topological polar surface area (TPSA) is 43.4 Å². The van der Waals surface area contributed by atoms with Gasteiger partial charge in [-0.25, -0.2) is 0 Å². The lowest BCUT2D eigenvalue weighted by atomic mass is 10.00. The summed E-state index contributed by atoms with van der Waals surface area (Å²) in [6.45, 7) is 5.86. The molecule has 0 spiro atoms. The lowest BCUT2D eigenvalue weighted by Gasteiger charge is -2.08. The molecule has 0 aliphatic heterocycles. The van der Waals surface area contributed by atoms with E-state index in [0.717, 1.165) is 11.1 Å². The van der Waals surface area contributed by atoms with Crippen molar-refractivity contribution in [3.8, 4) is 0 Å². The Bertz CT molecular complexity index is 452. The summed E-state index contributed by atoms with van der Waals surface area (Å²) in [5.41, 5.74) is 2.48. The molecule has 0 aliphatic rings. The number of esters is 1. The highest BCUT2D eigenvalue weighted by Gasteiger charge is 2.14. The number of rotatable bonds is 5. The molecule has 0 radical (unpaired) electrons. The normalized spacial score (nSPS) is 12.0. The SMILES string of the molecule is CCOC(=O)Cc1ccc(C(=O)C(C)Br)cc1C. The minimum atomic E-state index is -0.242. The van der Waals surface area contributed by atoms with Crippen molar-refractivity contribution in [2.24, 2.45) is 0 Å². The molecule has 0 saturated carbocycles. The molecule has 1 aromatic carbocycles. The number of carbonyl (C=O) groups is 2. The van der Waals surface area contributed by atoms with Gasteiger partial charge in [-0.15, -0.1) is 0 Å². The number of hydrogen-bond acceptors (Lipinski definition) is 3. The molecule has 0 bridgehead atoms. The second-order valence-corrected chi connectivity index (χ2v) is 5.48. The summed E-state index contributed by atoms with van der Waals surface area (Å²) in [5, 5.41) is 0. The van der Waals surface area contributed by atoms with E-state index in [1.165, 1.54) is 0 Å². The number of aryl methyl sites for hydroxylation is 1. The molecule has 1 rings (SSSR count). The van der Waals surface area contributed by atoms with Crippen LogP contribution in [-0.2, 0) is 16.0 Å². The van der Waals surface area contributed by atoms with Gasteiger partial charge in [0.15, 0.2) is 5.78 Å². The van der Waals surface area contributed by atoms with Crippen molar-refractivity contribution >= 4 is 27.7 Å². The fraction of sp³-hybridized carbons (Fsp3) is 0.429. The first-order valence-corrected chi connectivity index (χ1v) is 6.80. The molecule has 3 nitrogen and oxygen atoms in total. The molecule has 98 valence electrons. The number of Topliss-reactive ketones (excluding diaryl/α,β-unsaturated/α-hetero) is 1. The van der Waals surface area contributed by atoms with Gasteiger partial charge in [0.1, 0.15) is 0 Å². The van der Waals surface area contributed by atoms with Gasteiger partial charge in [0.05, 0.1) is 17.9 Å². The average Bonchev–Trinajstić information content (AvgIpc) is 2.31. The molecule has 0 amide bonds. The summed E-state index contributed by atoms with van der Waals surface area (Å²) in [4.78, 5) is 23.0. The predicted molar refractivity (Wildman–Crippen MR) is 74.2 cm³/mol. The molecule has 0 aromatic heterocycles. The Morgan fingerprint density at radius 3 is 2.56 bits per heavy atom. The van der Waals surface area contributed by atoms with E-state index in [9.17, 15) is 9.59 Å². The highest BCUT2D eigenvalue weighted by atomic mass is 79.9. The largest absolute Gasteiger partial charge is 0.466 e. The molecule has 0 fully saturated rings. The number of hydrogen-bond donors (Lipinski definition) is 0. The molecule has 1 aromatic rings. The first-order valence-electron chi connectivity index (χ1n) is 5.89. The fourth-order valence-corrected chi connectivity index (χ4v) is 1.91. The third kappa shape index (κ3) is 3.95. The minimum Gasteiger partial charge on any atom is -0.466 e. The zero-order chi connectivity index (χ0) is 13.7. The maximum Gasteiger partial charge on any atom is 0.310 e. The molecular weight excluding hydrogens is 296 g/mol. The van der Waals surface area contributed by atoms with Gasteiger partial charge in [0.25, 0.3) is 0 Å². The molecule has 0 N–H and O–H groups in total. The van der Waals surface area contributed by atoms with Crippen LogP contribution in [0.5, 0.6) is 0 Å². The zero-order valence-electron chi connectivity index (χ0n) is 10.8. The van der Waals surface area contributed by atoms with Crippen LogP contribution >= 0.6 is 15.9 Å². The van der Waals surface area contributed by atoms with E-state index in [2.05, 4.69) is 15.9 Å². The minimum absolute atomic E-state index is 0.0424. The van der Waals surface area contributed by atoms with Gasteiger partial charge >= 0.3 is 5.97 Å². The van der Waals surface area contributed by atoms with E-state index in [1.807, 2.05) is 19.1 Å². The zero-order valence-corrected chi connectivity index (χ0v) is 12.4. The van der Waals surface area contributed by atoms with Crippen molar-refractivity contribution in [2.75, 3.05) is 6.61 Å². The van der Waals surface area contributed by atoms with E-state index >= 15 is 0 Å². The van der Waals surface area contributed by atoms with Gasteiger partial charge in [0, 0.05) is 5.56 Å². The third-order valence-corrected chi connectivity index (χ3v) is 3.04. The van der Waals surface area contributed by atoms with Crippen LogP contribution in [0.1, 0.15) is 35.3 Å². The first kappa shape index (κ1) is 14.9. The quantitative estimate of drug-likeness (QED) is 0.477. The van der Waals surface area contributed by atoms with Crippen LogP contribution < -0.4 is 0 Å². The molecule has 4 heteroatoms. The number of benzene rings is 1. The van der Waals surface area contributed by atoms with E-state index < -0.39 is 0 Å². The van der Waals surface area contributed by atoms with E-state index in [0.29, 0.717) is 12.2 Å². The van der Waals surface area contributed by atoms with Crippen molar-refractivity contribution in [1.29, 1.82) is 0 Å². The Morgan fingerprint density at radius 1 is 1.39 bits per heavy atom. The summed E-state index contributed by atoms with van der Waals surface area (Å²) < 4.78 is 4.90. The Kier molecular flexibility index (Phi) is 5.54.